The number of hydrogen-bond acceptors (Lipinski definition) is 3. The highest BCUT2D eigenvalue weighted by Gasteiger charge is 2.10. The molecule has 1 atom stereocenters. The Kier molecular flexibility index (Phi) is 3.11. The lowest BCUT2D eigenvalue weighted by molar-refractivity contribution is -0.385. The number of quaternary nitrogens is 1. The highest BCUT2D eigenvalue weighted by atomic mass is 16.5. The summed E-state index contributed by atoms with van der Waals surface area (Å²) in [7, 11) is 1.47. The predicted octanol–water partition coefficient (Wildman–Crippen LogP) is -0.324. The SMILES string of the molecule is COc1cc([C@@H](O)C[NH3+])ccc1O. The smallest absolute Gasteiger partial charge is 0.160 e. The van der Waals surface area contributed by atoms with E-state index in [-0.39, 0.29) is 5.75 Å². The maximum Gasteiger partial charge on any atom is 0.160 e. The molecule has 0 bridgehead atoms. The number of hydrogen-bond donors (Lipinski definition) is 3. The number of aliphatic hydroxyl groups excluding tert-OH is 1. The largest absolute Gasteiger partial charge is 0.504 e. The first-order valence-electron chi connectivity index (χ1n) is 4.03. The van der Waals surface area contributed by atoms with E-state index in [1.807, 2.05) is 0 Å². The molecule has 0 aromatic heterocycles. The number of aliphatic hydroxyl groups is 1. The number of benzene rings is 1. The zero-order chi connectivity index (χ0) is 9.84. The minimum Gasteiger partial charge on any atom is -0.504 e. The summed E-state index contributed by atoms with van der Waals surface area (Å²) < 4.78 is 4.90. The van der Waals surface area contributed by atoms with Crippen LogP contribution in [-0.4, -0.2) is 23.9 Å². The summed E-state index contributed by atoms with van der Waals surface area (Å²) in [5.41, 5.74) is 4.29. The van der Waals surface area contributed by atoms with Gasteiger partial charge in [-0.05, 0) is 17.7 Å². The van der Waals surface area contributed by atoms with E-state index in [0.29, 0.717) is 17.9 Å². The summed E-state index contributed by atoms with van der Waals surface area (Å²) in [6, 6.07) is 4.74. The van der Waals surface area contributed by atoms with Crippen molar-refractivity contribution < 1.29 is 20.7 Å². The van der Waals surface area contributed by atoms with E-state index < -0.39 is 6.10 Å². The third-order valence-electron chi connectivity index (χ3n) is 1.86. The Balaban J connectivity index is 2.99. The summed E-state index contributed by atoms with van der Waals surface area (Å²) in [4.78, 5) is 0. The highest BCUT2D eigenvalue weighted by Crippen LogP contribution is 2.28. The van der Waals surface area contributed by atoms with Crippen molar-refractivity contribution in [1.29, 1.82) is 0 Å². The number of ether oxygens (including phenoxy) is 1. The van der Waals surface area contributed by atoms with Crippen molar-refractivity contribution in [3.63, 3.8) is 0 Å². The van der Waals surface area contributed by atoms with Gasteiger partial charge in [-0.2, -0.15) is 0 Å². The van der Waals surface area contributed by atoms with Gasteiger partial charge in [0.05, 0.1) is 7.11 Å². The molecule has 4 heteroatoms. The van der Waals surface area contributed by atoms with Gasteiger partial charge in [0.15, 0.2) is 11.5 Å². The summed E-state index contributed by atoms with van der Waals surface area (Å²) in [5, 5.41) is 18.7. The maximum atomic E-state index is 9.44. The standard InChI is InChI=1S/C9H13NO3/c1-13-9-4-6(8(12)5-10)2-3-7(9)11/h2-4,8,11-12H,5,10H2,1H3/p+1/t8-/m0/s1. The van der Waals surface area contributed by atoms with Crippen LogP contribution in [0.15, 0.2) is 18.2 Å². The van der Waals surface area contributed by atoms with Gasteiger partial charge in [0, 0.05) is 0 Å². The van der Waals surface area contributed by atoms with Crippen LogP contribution >= 0.6 is 0 Å². The van der Waals surface area contributed by atoms with Crippen molar-refractivity contribution in [3.8, 4) is 11.5 Å². The van der Waals surface area contributed by atoms with Crippen LogP contribution in [0.3, 0.4) is 0 Å². The minimum atomic E-state index is -0.602. The topological polar surface area (TPSA) is 77.3 Å². The zero-order valence-electron chi connectivity index (χ0n) is 7.53. The molecule has 0 amide bonds. The molecule has 1 aromatic rings. The fourth-order valence-corrected chi connectivity index (χ4v) is 1.07. The van der Waals surface area contributed by atoms with E-state index in [1.54, 1.807) is 12.1 Å². The number of rotatable bonds is 3. The predicted molar refractivity (Wildman–Crippen MR) is 47.4 cm³/mol. The van der Waals surface area contributed by atoms with Crippen LogP contribution in [0.4, 0.5) is 0 Å². The summed E-state index contributed by atoms with van der Waals surface area (Å²) >= 11 is 0. The molecule has 0 spiro atoms. The minimum absolute atomic E-state index is 0.0718. The number of phenols is 1. The summed E-state index contributed by atoms with van der Waals surface area (Å²) in [5.74, 6) is 0.438. The highest BCUT2D eigenvalue weighted by molar-refractivity contribution is 5.42. The first-order valence-corrected chi connectivity index (χ1v) is 4.03. The van der Waals surface area contributed by atoms with Crippen LogP contribution in [-0.2, 0) is 0 Å². The molecule has 1 rings (SSSR count). The van der Waals surface area contributed by atoms with Gasteiger partial charge in [0.25, 0.3) is 0 Å². The molecule has 0 aliphatic carbocycles. The van der Waals surface area contributed by atoms with Crippen molar-refractivity contribution >= 4 is 0 Å². The zero-order valence-corrected chi connectivity index (χ0v) is 7.53. The van der Waals surface area contributed by atoms with Crippen LogP contribution in [0.25, 0.3) is 0 Å². The van der Waals surface area contributed by atoms with Gasteiger partial charge in [-0.3, -0.25) is 0 Å². The third kappa shape index (κ3) is 2.11. The molecule has 0 fully saturated rings. The van der Waals surface area contributed by atoms with Crippen LogP contribution in [0.1, 0.15) is 11.7 Å². The first kappa shape index (κ1) is 9.83. The normalized spacial score (nSPS) is 12.5. The van der Waals surface area contributed by atoms with Crippen molar-refractivity contribution in [2.75, 3.05) is 13.7 Å². The number of methoxy groups -OCH3 is 1. The van der Waals surface area contributed by atoms with Gasteiger partial charge < -0.3 is 20.7 Å². The molecule has 0 saturated carbocycles. The van der Waals surface area contributed by atoms with E-state index in [1.165, 1.54) is 13.2 Å². The monoisotopic (exact) mass is 184 g/mol. The third-order valence-corrected chi connectivity index (χ3v) is 1.86. The van der Waals surface area contributed by atoms with Crippen LogP contribution in [0.2, 0.25) is 0 Å². The Labute approximate surface area is 76.6 Å². The molecule has 0 aliphatic heterocycles. The molecular weight excluding hydrogens is 170 g/mol. The molecule has 1 aromatic carbocycles. The molecule has 4 nitrogen and oxygen atoms in total. The lowest BCUT2D eigenvalue weighted by Gasteiger charge is -2.09. The summed E-state index contributed by atoms with van der Waals surface area (Å²) in [6.07, 6.45) is -0.602. The van der Waals surface area contributed by atoms with E-state index in [9.17, 15) is 10.2 Å². The van der Waals surface area contributed by atoms with Gasteiger partial charge in [-0.25, -0.2) is 0 Å². The van der Waals surface area contributed by atoms with Gasteiger partial charge in [0.2, 0.25) is 0 Å². The van der Waals surface area contributed by atoms with E-state index >= 15 is 0 Å². The first-order chi connectivity index (χ1) is 6.19. The van der Waals surface area contributed by atoms with Gasteiger partial charge in [-0.15, -0.1) is 0 Å². The number of phenolic OH excluding ortho intramolecular Hbond substituents is 1. The van der Waals surface area contributed by atoms with E-state index in [0.717, 1.165) is 0 Å². The van der Waals surface area contributed by atoms with Crippen LogP contribution in [0.5, 0.6) is 11.5 Å². The Morgan fingerprint density at radius 2 is 2.23 bits per heavy atom. The molecule has 0 aliphatic rings. The van der Waals surface area contributed by atoms with Crippen LogP contribution in [0, 0.1) is 0 Å². The maximum absolute atomic E-state index is 9.44. The van der Waals surface area contributed by atoms with Gasteiger partial charge in [0.1, 0.15) is 12.6 Å². The second-order valence-corrected chi connectivity index (χ2v) is 2.74. The van der Waals surface area contributed by atoms with Crippen molar-refractivity contribution in [1.82, 2.24) is 0 Å². The molecule has 0 saturated heterocycles. The Morgan fingerprint density at radius 1 is 1.54 bits per heavy atom. The Bertz CT molecular complexity index is 288. The van der Waals surface area contributed by atoms with Crippen molar-refractivity contribution in [2.24, 2.45) is 0 Å². The second-order valence-electron chi connectivity index (χ2n) is 2.74. The lowest BCUT2D eigenvalue weighted by atomic mass is 10.1. The fraction of sp³-hybridized carbons (Fsp3) is 0.333. The van der Waals surface area contributed by atoms with Gasteiger partial charge >= 0.3 is 0 Å². The Morgan fingerprint density at radius 3 is 2.77 bits per heavy atom. The molecular formula is C9H14NO3+. The quantitative estimate of drug-likeness (QED) is 0.602. The van der Waals surface area contributed by atoms with Crippen molar-refractivity contribution in [2.45, 2.75) is 6.10 Å². The van der Waals surface area contributed by atoms with Gasteiger partial charge in [-0.1, -0.05) is 6.07 Å². The molecule has 0 radical (unpaired) electrons. The molecule has 0 heterocycles. The Hall–Kier alpha value is -1.26. The molecule has 13 heavy (non-hydrogen) atoms. The molecule has 5 N–H and O–H groups in total. The fourth-order valence-electron chi connectivity index (χ4n) is 1.07. The molecule has 0 unspecified atom stereocenters. The summed E-state index contributed by atoms with van der Waals surface area (Å²) in [6.45, 7) is 0.397. The van der Waals surface area contributed by atoms with Crippen LogP contribution < -0.4 is 10.5 Å². The molecule has 72 valence electrons. The van der Waals surface area contributed by atoms with E-state index in [4.69, 9.17) is 4.74 Å². The second kappa shape index (κ2) is 4.11. The van der Waals surface area contributed by atoms with E-state index in [2.05, 4.69) is 5.73 Å². The number of aromatic hydroxyl groups is 1. The average molecular weight is 184 g/mol. The lowest BCUT2D eigenvalue weighted by Crippen LogP contribution is -2.52. The van der Waals surface area contributed by atoms with Crippen molar-refractivity contribution in [3.05, 3.63) is 23.8 Å². The average Bonchev–Trinajstić information content (AvgIpc) is 2.17.